The second kappa shape index (κ2) is 7.69. The van der Waals surface area contributed by atoms with Crippen molar-refractivity contribution in [2.75, 3.05) is 6.54 Å². The van der Waals surface area contributed by atoms with Gasteiger partial charge in [0.25, 0.3) is 0 Å². The summed E-state index contributed by atoms with van der Waals surface area (Å²) < 4.78 is 5.56. The third kappa shape index (κ3) is 3.50. The van der Waals surface area contributed by atoms with Crippen molar-refractivity contribution < 1.29 is 23.6 Å². The molecule has 1 aromatic carbocycles. The lowest BCUT2D eigenvalue weighted by Gasteiger charge is -2.19. The van der Waals surface area contributed by atoms with Gasteiger partial charge in [-0.05, 0) is 25.8 Å². The lowest BCUT2D eigenvalue weighted by Crippen LogP contribution is -2.43. The highest BCUT2D eigenvalue weighted by molar-refractivity contribution is 6.05. The zero-order valence-electron chi connectivity index (χ0n) is 16.2. The van der Waals surface area contributed by atoms with Gasteiger partial charge in [-0.1, -0.05) is 31.0 Å². The van der Waals surface area contributed by atoms with E-state index in [0.717, 1.165) is 31.1 Å². The number of amides is 4. The van der Waals surface area contributed by atoms with Gasteiger partial charge in [-0.3, -0.25) is 34.9 Å². The topological polar surface area (TPSA) is 109 Å². The third-order valence-electron chi connectivity index (χ3n) is 5.86. The Morgan fingerprint density at radius 3 is 2.38 bits per heavy atom. The van der Waals surface area contributed by atoms with E-state index in [1.165, 1.54) is 4.90 Å². The fourth-order valence-corrected chi connectivity index (χ4v) is 4.30. The van der Waals surface area contributed by atoms with Crippen LogP contribution in [0.4, 0.5) is 0 Å². The Kier molecular flexibility index (Phi) is 5.08. The summed E-state index contributed by atoms with van der Waals surface area (Å²) in [5.41, 5.74) is 5.92. The number of hydrogen-bond acceptors (Lipinski definition) is 5. The first kappa shape index (κ1) is 19.2. The molecular formula is C21H23N3O5. The molecule has 4 rings (SSSR count). The Labute approximate surface area is 167 Å². The predicted molar refractivity (Wildman–Crippen MR) is 103 cm³/mol. The molecule has 1 saturated carbocycles. The first-order valence-electron chi connectivity index (χ1n) is 9.90. The quantitative estimate of drug-likeness (QED) is 0.606. The number of benzene rings is 1. The lowest BCUT2D eigenvalue weighted by molar-refractivity contribution is -0.140. The van der Waals surface area contributed by atoms with Gasteiger partial charge in [0, 0.05) is 23.9 Å². The van der Waals surface area contributed by atoms with Crippen LogP contribution in [0.1, 0.15) is 48.2 Å². The zero-order valence-corrected chi connectivity index (χ0v) is 16.2. The molecule has 4 amide bonds. The Morgan fingerprint density at radius 1 is 1.07 bits per heavy atom. The van der Waals surface area contributed by atoms with Crippen molar-refractivity contribution in [2.24, 2.45) is 11.8 Å². The van der Waals surface area contributed by atoms with Crippen molar-refractivity contribution in [1.82, 2.24) is 15.8 Å². The molecule has 152 valence electrons. The number of nitrogens with zero attached hydrogens (tertiary/aromatic N) is 1. The fourth-order valence-electron chi connectivity index (χ4n) is 4.30. The van der Waals surface area contributed by atoms with Crippen LogP contribution in [0.15, 0.2) is 28.7 Å². The normalized spacial score (nSPS) is 21.3. The number of hydrogen-bond donors (Lipinski definition) is 2. The minimum Gasteiger partial charge on any atom is -0.451 e. The maximum absolute atomic E-state index is 12.4. The van der Waals surface area contributed by atoms with Crippen molar-refractivity contribution in [3.8, 4) is 0 Å². The summed E-state index contributed by atoms with van der Waals surface area (Å²) in [6.45, 7) is 1.79. The number of imide groups is 1. The Hall–Kier alpha value is -3.16. The van der Waals surface area contributed by atoms with Crippen LogP contribution in [0, 0.1) is 18.8 Å². The van der Waals surface area contributed by atoms with Crippen LogP contribution >= 0.6 is 0 Å². The van der Waals surface area contributed by atoms with E-state index in [1.54, 1.807) is 13.0 Å². The van der Waals surface area contributed by atoms with Crippen LogP contribution in [0.25, 0.3) is 11.0 Å². The number of likely N-dealkylation sites (tertiary alicyclic amines) is 1. The largest absolute Gasteiger partial charge is 0.451 e. The maximum atomic E-state index is 12.4. The molecular weight excluding hydrogens is 374 g/mol. The van der Waals surface area contributed by atoms with Crippen molar-refractivity contribution in [2.45, 2.75) is 39.0 Å². The molecule has 2 fully saturated rings. The molecule has 0 radical (unpaired) electrons. The van der Waals surface area contributed by atoms with E-state index in [1.807, 2.05) is 18.2 Å². The lowest BCUT2D eigenvalue weighted by atomic mass is 9.81. The monoisotopic (exact) mass is 397 g/mol. The van der Waals surface area contributed by atoms with Crippen molar-refractivity contribution >= 4 is 34.6 Å². The molecule has 1 aromatic heterocycles. The summed E-state index contributed by atoms with van der Waals surface area (Å²) in [5.74, 6) is -1.72. The number of rotatable bonds is 4. The van der Waals surface area contributed by atoms with Gasteiger partial charge in [-0.25, -0.2) is 0 Å². The molecule has 29 heavy (non-hydrogen) atoms. The average molecular weight is 397 g/mol. The van der Waals surface area contributed by atoms with E-state index in [0.29, 0.717) is 11.1 Å². The number of fused-ring (bicyclic) bond motifs is 2. The smallest absolute Gasteiger partial charge is 0.305 e. The number of aryl methyl sites for hydroxylation is 1. The summed E-state index contributed by atoms with van der Waals surface area (Å²) >= 11 is 0. The first-order valence-corrected chi connectivity index (χ1v) is 9.90. The van der Waals surface area contributed by atoms with Crippen molar-refractivity contribution in [3.05, 3.63) is 35.6 Å². The summed E-state index contributed by atoms with van der Waals surface area (Å²) in [4.78, 5) is 50.5. The molecule has 2 atom stereocenters. The molecule has 0 unspecified atom stereocenters. The highest BCUT2D eigenvalue weighted by atomic mass is 16.3. The number of hydrazine groups is 1. The van der Waals surface area contributed by atoms with E-state index >= 15 is 0 Å². The molecule has 2 aliphatic rings. The SMILES string of the molecule is Cc1c(C(=O)NNC(=O)CCN2C(=O)[C@H]3CCCC[C@@H]3C2=O)oc2ccccc12. The Balaban J connectivity index is 1.31. The number of carbonyl (C=O) groups excluding carboxylic acids is 4. The Morgan fingerprint density at radius 2 is 1.72 bits per heavy atom. The standard InChI is InChI=1S/C21H23N3O5/c1-12-13-6-4-5-9-16(13)29-18(12)19(26)23-22-17(25)10-11-24-20(27)14-7-2-3-8-15(14)21(24)28/h4-6,9,14-15H,2-3,7-8,10-11H2,1H3,(H,22,25)(H,23,26)/t14-,15-/m0/s1. The molecule has 1 saturated heterocycles. The summed E-state index contributed by atoms with van der Waals surface area (Å²) in [7, 11) is 0. The van der Waals surface area contributed by atoms with Crippen molar-refractivity contribution in [3.63, 3.8) is 0 Å². The van der Waals surface area contributed by atoms with Crippen LogP contribution in [-0.4, -0.2) is 35.1 Å². The summed E-state index contributed by atoms with van der Waals surface area (Å²) in [6.07, 6.45) is 3.33. The van der Waals surface area contributed by atoms with Crippen LogP contribution in [-0.2, 0) is 14.4 Å². The van der Waals surface area contributed by atoms with Gasteiger partial charge in [0.2, 0.25) is 17.7 Å². The second-order valence-corrected chi connectivity index (χ2v) is 7.63. The van der Waals surface area contributed by atoms with E-state index in [-0.39, 0.29) is 42.4 Å². The van der Waals surface area contributed by atoms with Gasteiger partial charge >= 0.3 is 5.91 Å². The number of carbonyl (C=O) groups is 4. The van der Waals surface area contributed by atoms with Gasteiger partial charge in [0.15, 0.2) is 5.76 Å². The highest BCUT2D eigenvalue weighted by Gasteiger charge is 2.47. The third-order valence-corrected chi connectivity index (χ3v) is 5.86. The number of para-hydroxylation sites is 1. The summed E-state index contributed by atoms with van der Waals surface area (Å²) in [5, 5.41) is 0.830. The predicted octanol–water partition coefficient (Wildman–Crippen LogP) is 2.07. The molecule has 2 aromatic rings. The van der Waals surface area contributed by atoms with E-state index in [2.05, 4.69) is 10.9 Å². The van der Waals surface area contributed by atoms with Gasteiger partial charge in [-0.2, -0.15) is 0 Å². The minimum absolute atomic E-state index is 0.0238. The second-order valence-electron chi connectivity index (χ2n) is 7.63. The van der Waals surface area contributed by atoms with Crippen LogP contribution in [0.3, 0.4) is 0 Å². The van der Waals surface area contributed by atoms with Crippen molar-refractivity contribution in [1.29, 1.82) is 0 Å². The van der Waals surface area contributed by atoms with E-state index in [9.17, 15) is 19.2 Å². The highest BCUT2D eigenvalue weighted by Crippen LogP contribution is 2.37. The molecule has 2 heterocycles. The molecule has 8 nitrogen and oxygen atoms in total. The molecule has 0 spiro atoms. The average Bonchev–Trinajstić information content (AvgIpc) is 3.20. The minimum atomic E-state index is -0.564. The maximum Gasteiger partial charge on any atom is 0.305 e. The van der Waals surface area contributed by atoms with E-state index in [4.69, 9.17) is 4.42 Å². The van der Waals surface area contributed by atoms with Crippen LogP contribution in [0.5, 0.6) is 0 Å². The van der Waals surface area contributed by atoms with Crippen LogP contribution in [0.2, 0.25) is 0 Å². The van der Waals surface area contributed by atoms with Gasteiger partial charge in [0.05, 0.1) is 11.8 Å². The van der Waals surface area contributed by atoms with Crippen LogP contribution < -0.4 is 10.9 Å². The van der Waals surface area contributed by atoms with E-state index < -0.39 is 11.8 Å². The van der Waals surface area contributed by atoms with Gasteiger partial charge in [-0.15, -0.1) is 0 Å². The molecule has 1 aliphatic carbocycles. The Bertz CT molecular complexity index is 971. The van der Waals surface area contributed by atoms with Gasteiger partial charge in [0.1, 0.15) is 5.58 Å². The first-order chi connectivity index (χ1) is 14.0. The molecule has 2 N–H and O–H groups in total. The zero-order chi connectivity index (χ0) is 20.5. The molecule has 1 aliphatic heterocycles. The molecule has 0 bridgehead atoms. The summed E-state index contributed by atoms with van der Waals surface area (Å²) in [6, 6.07) is 7.28. The van der Waals surface area contributed by atoms with Gasteiger partial charge < -0.3 is 4.42 Å². The number of nitrogens with one attached hydrogen (secondary N) is 2. The fraction of sp³-hybridized carbons (Fsp3) is 0.429. The number of furan rings is 1. The molecule has 8 heteroatoms.